The Morgan fingerprint density at radius 2 is 1.90 bits per heavy atom. The minimum absolute atomic E-state index is 0.00773. The van der Waals surface area contributed by atoms with E-state index in [1.807, 2.05) is 0 Å². The van der Waals surface area contributed by atoms with Crippen LogP contribution < -0.4 is 4.74 Å². The zero-order valence-corrected chi connectivity index (χ0v) is 12.3. The molecule has 2 aliphatic carbocycles. The molecule has 0 aromatic heterocycles. The zero-order chi connectivity index (χ0) is 15.0. The third-order valence-electron chi connectivity index (χ3n) is 5.18. The highest BCUT2D eigenvalue weighted by atomic mass is 19.2. The summed E-state index contributed by atoms with van der Waals surface area (Å²) in [5.74, 6) is 0.828. The van der Waals surface area contributed by atoms with E-state index in [1.54, 1.807) is 13.0 Å². The normalized spacial score (nSPS) is 30.3. The number of rotatable bonds is 6. The van der Waals surface area contributed by atoms with Gasteiger partial charge in [0.05, 0.1) is 6.61 Å². The van der Waals surface area contributed by atoms with E-state index in [0.717, 1.165) is 19.3 Å². The third-order valence-corrected chi connectivity index (χ3v) is 5.18. The number of aliphatic hydroxyl groups is 1. The van der Waals surface area contributed by atoms with Crippen molar-refractivity contribution in [2.24, 2.45) is 23.7 Å². The minimum atomic E-state index is -0.871. The molecule has 2 saturated carbocycles. The molecule has 0 spiro atoms. The van der Waals surface area contributed by atoms with Crippen molar-refractivity contribution in [2.45, 2.75) is 32.6 Å². The first-order valence-corrected chi connectivity index (χ1v) is 7.86. The van der Waals surface area contributed by atoms with Gasteiger partial charge in [-0.25, -0.2) is 4.39 Å². The lowest BCUT2D eigenvalue weighted by atomic mass is 9.93. The monoisotopic (exact) mass is 296 g/mol. The second-order valence-corrected chi connectivity index (χ2v) is 6.33. The molecule has 2 nitrogen and oxygen atoms in total. The maximum absolute atomic E-state index is 14.0. The van der Waals surface area contributed by atoms with Crippen LogP contribution in [0, 0.1) is 35.3 Å². The summed E-state index contributed by atoms with van der Waals surface area (Å²) in [6.07, 6.45) is 3.74. The molecule has 0 amide bonds. The van der Waals surface area contributed by atoms with Gasteiger partial charge in [-0.1, -0.05) is 6.07 Å². The first-order chi connectivity index (χ1) is 10.2. The van der Waals surface area contributed by atoms with E-state index in [1.165, 1.54) is 6.07 Å². The molecule has 1 aromatic carbocycles. The Kier molecular flexibility index (Phi) is 4.16. The number of hydrogen-bond donors (Lipinski definition) is 1. The van der Waals surface area contributed by atoms with E-state index in [9.17, 15) is 8.78 Å². The van der Waals surface area contributed by atoms with E-state index >= 15 is 0 Å². The molecule has 4 atom stereocenters. The van der Waals surface area contributed by atoms with Gasteiger partial charge in [0, 0.05) is 6.61 Å². The summed E-state index contributed by atoms with van der Waals surface area (Å²) >= 11 is 0. The predicted molar refractivity (Wildman–Crippen MR) is 76.1 cm³/mol. The fourth-order valence-corrected chi connectivity index (χ4v) is 3.99. The topological polar surface area (TPSA) is 29.5 Å². The first kappa shape index (κ1) is 14.8. The van der Waals surface area contributed by atoms with Crippen molar-refractivity contribution in [1.82, 2.24) is 0 Å². The number of fused-ring (bicyclic) bond motifs is 1. The number of aliphatic hydroxyl groups excluding tert-OH is 1. The second-order valence-electron chi connectivity index (χ2n) is 6.33. The van der Waals surface area contributed by atoms with Crippen molar-refractivity contribution in [2.75, 3.05) is 13.2 Å². The molecule has 0 aliphatic heterocycles. The molecule has 2 fully saturated rings. The van der Waals surface area contributed by atoms with E-state index in [4.69, 9.17) is 9.84 Å². The van der Waals surface area contributed by atoms with Crippen LogP contribution in [0.25, 0.3) is 0 Å². The minimum Gasteiger partial charge on any atom is -0.491 e. The van der Waals surface area contributed by atoms with Gasteiger partial charge in [-0.2, -0.15) is 4.39 Å². The van der Waals surface area contributed by atoms with Crippen LogP contribution in [-0.4, -0.2) is 18.3 Å². The van der Waals surface area contributed by atoms with Gasteiger partial charge >= 0.3 is 0 Å². The second kappa shape index (κ2) is 5.91. The van der Waals surface area contributed by atoms with Gasteiger partial charge in [-0.15, -0.1) is 0 Å². The molecule has 2 aliphatic rings. The van der Waals surface area contributed by atoms with Crippen LogP contribution in [0.1, 0.15) is 31.7 Å². The van der Waals surface area contributed by atoms with E-state index in [2.05, 4.69) is 0 Å². The van der Waals surface area contributed by atoms with Crippen molar-refractivity contribution in [3.8, 4) is 5.75 Å². The molecule has 0 radical (unpaired) electrons. The van der Waals surface area contributed by atoms with Gasteiger partial charge in [0.2, 0.25) is 5.82 Å². The average Bonchev–Trinajstić information content (AvgIpc) is 2.96. The molecule has 21 heavy (non-hydrogen) atoms. The Balaban J connectivity index is 1.56. The standard InChI is InChI=1S/C17H22F2O2/c1-2-21-15-6-5-11(16(18)17(15)19)4-3-10-7-12-13(8-10)14(12)9-20/h5-6,10,12-14,20H,2-4,7-9H2,1H3/t10?,12-,13+,14?. The molecule has 0 heterocycles. The highest BCUT2D eigenvalue weighted by Gasteiger charge is 2.54. The van der Waals surface area contributed by atoms with Crippen molar-refractivity contribution < 1.29 is 18.6 Å². The summed E-state index contributed by atoms with van der Waals surface area (Å²) in [5.41, 5.74) is 0.440. The summed E-state index contributed by atoms with van der Waals surface area (Å²) in [6.45, 7) is 2.38. The Labute approximate surface area is 124 Å². The van der Waals surface area contributed by atoms with E-state index in [0.29, 0.717) is 48.9 Å². The largest absolute Gasteiger partial charge is 0.491 e. The highest BCUT2D eigenvalue weighted by Crippen LogP contribution is 2.60. The average molecular weight is 296 g/mol. The zero-order valence-electron chi connectivity index (χ0n) is 12.3. The number of benzene rings is 1. The van der Waals surface area contributed by atoms with Crippen molar-refractivity contribution in [3.05, 3.63) is 29.3 Å². The Morgan fingerprint density at radius 3 is 2.52 bits per heavy atom. The van der Waals surface area contributed by atoms with Crippen LogP contribution in [0.3, 0.4) is 0 Å². The first-order valence-electron chi connectivity index (χ1n) is 7.86. The maximum Gasteiger partial charge on any atom is 0.200 e. The lowest BCUT2D eigenvalue weighted by Gasteiger charge is -2.14. The molecule has 2 unspecified atom stereocenters. The summed E-state index contributed by atoms with van der Waals surface area (Å²) in [5, 5.41) is 9.14. The smallest absolute Gasteiger partial charge is 0.200 e. The molecule has 3 rings (SSSR count). The molecule has 4 heteroatoms. The summed E-state index contributed by atoms with van der Waals surface area (Å²) in [6, 6.07) is 3.15. The number of halogens is 2. The number of aryl methyl sites for hydroxylation is 1. The number of hydrogen-bond acceptors (Lipinski definition) is 2. The van der Waals surface area contributed by atoms with Gasteiger partial charge in [0.1, 0.15) is 0 Å². The molecular weight excluding hydrogens is 274 g/mol. The van der Waals surface area contributed by atoms with E-state index < -0.39 is 11.6 Å². The van der Waals surface area contributed by atoms with Crippen LogP contribution in [0.2, 0.25) is 0 Å². The van der Waals surface area contributed by atoms with Crippen molar-refractivity contribution in [1.29, 1.82) is 0 Å². The van der Waals surface area contributed by atoms with Crippen molar-refractivity contribution in [3.63, 3.8) is 0 Å². The molecule has 116 valence electrons. The van der Waals surface area contributed by atoms with Gasteiger partial charge in [-0.05, 0) is 67.9 Å². The summed E-state index contributed by atoms with van der Waals surface area (Å²) in [7, 11) is 0. The van der Waals surface area contributed by atoms with Crippen molar-refractivity contribution >= 4 is 0 Å². The molecule has 1 N–H and O–H groups in total. The molecule has 0 saturated heterocycles. The Bertz CT molecular complexity index is 506. The van der Waals surface area contributed by atoms with Crippen LogP contribution >= 0.6 is 0 Å². The van der Waals surface area contributed by atoms with E-state index in [-0.39, 0.29) is 5.75 Å². The fourth-order valence-electron chi connectivity index (χ4n) is 3.99. The fraction of sp³-hybridized carbons (Fsp3) is 0.647. The lowest BCUT2D eigenvalue weighted by Crippen LogP contribution is -2.06. The van der Waals surface area contributed by atoms with Gasteiger partial charge in [0.25, 0.3) is 0 Å². The number of ether oxygens (including phenoxy) is 1. The van der Waals surface area contributed by atoms with Crippen LogP contribution in [0.15, 0.2) is 12.1 Å². The Morgan fingerprint density at radius 1 is 1.19 bits per heavy atom. The van der Waals surface area contributed by atoms with Crippen LogP contribution in [0.5, 0.6) is 5.75 Å². The molecule has 1 aromatic rings. The molecule has 0 bridgehead atoms. The lowest BCUT2D eigenvalue weighted by molar-refractivity contribution is 0.245. The molecular formula is C17H22F2O2. The predicted octanol–water partition coefficient (Wildman–Crippen LogP) is 3.56. The van der Waals surface area contributed by atoms with Gasteiger partial charge in [-0.3, -0.25) is 0 Å². The summed E-state index contributed by atoms with van der Waals surface area (Å²) in [4.78, 5) is 0. The van der Waals surface area contributed by atoms with Gasteiger partial charge < -0.3 is 9.84 Å². The Hall–Kier alpha value is -1.16. The van der Waals surface area contributed by atoms with Crippen LogP contribution in [0.4, 0.5) is 8.78 Å². The highest BCUT2D eigenvalue weighted by molar-refractivity contribution is 5.31. The third kappa shape index (κ3) is 2.78. The SMILES string of the molecule is CCOc1ccc(CCC2C[C@@H]3C(CO)[C@@H]3C2)c(F)c1F. The summed E-state index contributed by atoms with van der Waals surface area (Å²) < 4.78 is 32.8. The quantitative estimate of drug-likeness (QED) is 0.869. The van der Waals surface area contributed by atoms with Gasteiger partial charge in [0.15, 0.2) is 11.6 Å². The maximum atomic E-state index is 14.0. The van der Waals surface area contributed by atoms with Crippen LogP contribution in [-0.2, 0) is 6.42 Å².